The fraction of sp³-hybridized carbons (Fsp3) is 0.739. The Morgan fingerprint density at radius 3 is 2.04 bits per heavy atom. The summed E-state index contributed by atoms with van der Waals surface area (Å²) in [7, 11) is 0. The zero-order valence-corrected chi connectivity index (χ0v) is 16.1. The minimum Gasteiger partial charge on any atom is -0.330 e. The van der Waals surface area contributed by atoms with Crippen molar-refractivity contribution in [2.24, 2.45) is 29.4 Å². The van der Waals surface area contributed by atoms with Crippen LogP contribution in [-0.4, -0.2) is 18.1 Å². The van der Waals surface area contributed by atoms with Gasteiger partial charge in [-0.25, -0.2) is 0 Å². The van der Waals surface area contributed by atoms with Gasteiger partial charge >= 0.3 is 0 Å². The summed E-state index contributed by atoms with van der Waals surface area (Å²) in [5.41, 5.74) is 7.67. The monoisotopic (exact) mass is 369 g/mol. The predicted molar refractivity (Wildman–Crippen MR) is 101 cm³/mol. The Hall–Kier alpha value is -0.940. The first kappa shape index (κ1) is 17.0. The molecule has 6 fully saturated rings. The van der Waals surface area contributed by atoms with Crippen LogP contribution in [0.2, 0.25) is 0 Å². The molecule has 6 aliphatic rings. The molecule has 4 heteroatoms. The first-order valence-electron chi connectivity index (χ1n) is 11.0. The van der Waals surface area contributed by atoms with E-state index in [0.29, 0.717) is 18.4 Å². The van der Waals surface area contributed by atoms with Crippen molar-refractivity contribution < 1.29 is 14.5 Å². The second-order valence-electron chi connectivity index (χ2n) is 10.1. The molecular weight excluding hydrogens is 338 g/mol. The molecule has 5 saturated carbocycles. The van der Waals surface area contributed by atoms with Crippen LogP contribution >= 0.6 is 0 Å². The van der Waals surface area contributed by atoms with Crippen LogP contribution in [-0.2, 0) is 19.9 Å². The summed E-state index contributed by atoms with van der Waals surface area (Å²) < 4.78 is 6.84. The summed E-state index contributed by atoms with van der Waals surface area (Å²) in [6.07, 6.45) is 10.2. The Morgan fingerprint density at radius 2 is 1.44 bits per heavy atom. The Bertz CT molecular complexity index is 682. The normalized spacial score (nSPS) is 50.7. The highest BCUT2D eigenvalue weighted by atomic mass is 17.3. The molecule has 4 nitrogen and oxygen atoms in total. The third-order valence-electron chi connectivity index (χ3n) is 8.69. The van der Waals surface area contributed by atoms with Gasteiger partial charge in [0, 0.05) is 36.6 Å². The molecule has 0 atom stereocenters. The highest BCUT2D eigenvalue weighted by Crippen LogP contribution is 2.64. The van der Waals surface area contributed by atoms with Gasteiger partial charge in [-0.15, -0.1) is 0 Å². The number of nitrogens with two attached hydrogens (primary N) is 1. The van der Waals surface area contributed by atoms with Crippen molar-refractivity contribution in [1.29, 1.82) is 0 Å². The summed E-state index contributed by atoms with van der Waals surface area (Å²) in [5, 5.41) is 0. The minimum absolute atomic E-state index is 0.0407. The maximum absolute atomic E-state index is 6.84. The molecule has 7 rings (SSSR count). The number of benzene rings is 1. The van der Waals surface area contributed by atoms with E-state index in [1.807, 2.05) is 0 Å². The van der Waals surface area contributed by atoms with Crippen molar-refractivity contribution in [2.45, 2.75) is 74.8 Å². The molecule has 4 bridgehead atoms. The Kier molecular flexibility index (Phi) is 3.64. The van der Waals surface area contributed by atoms with E-state index < -0.39 is 11.6 Å². The molecule has 5 aliphatic carbocycles. The van der Waals surface area contributed by atoms with Crippen LogP contribution in [0, 0.1) is 23.7 Å². The van der Waals surface area contributed by atoms with Crippen LogP contribution in [0.5, 0.6) is 0 Å². The van der Waals surface area contributed by atoms with Crippen LogP contribution in [0.15, 0.2) is 30.3 Å². The van der Waals surface area contributed by atoms with Crippen molar-refractivity contribution in [2.75, 3.05) is 6.54 Å². The van der Waals surface area contributed by atoms with E-state index >= 15 is 0 Å². The largest absolute Gasteiger partial charge is 0.330 e. The quantitative estimate of drug-likeness (QED) is 0.791. The summed E-state index contributed by atoms with van der Waals surface area (Å²) in [4.78, 5) is 12.2. The Balaban J connectivity index is 1.23. The SMILES string of the molecule is NCC1(c2ccccc2)CCC2(CC1)OOC1(O2)C2CC3CC(C2)CC1C3. The van der Waals surface area contributed by atoms with Gasteiger partial charge in [0.1, 0.15) is 0 Å². The van der Waals surface area contributed by atoms with Crippen molar-refractivity contribution in [3.63, 3.8) is 0 Å². The third-order valence-corrected chi connectivity index (χ3v) is 8.69. The molecule has 146 valence electrons. The molecule has 1 aliphatic heterocycles. The number of ether oxygens (including phenoxy) is 1. The van der Waals surface area contributed by atoms with E-state index in [9.17, 15) is 0 Å². The summed E-state index contributed by atoms with van der Waals surface area (Å²) in [6, 6.07) is 10.7. The first-order chi connectivity index (χ1) is 13.2. The predicted octanol–water partition coefficient (Wildman–Crippen LogP) is 4.28. The second-order valence-corrected chi connectivity index (χ2v) is 10.1. The van der Waals surface area contributed by atoms with Crippen molar-refractivity contribution >= 4 is 0 Å². The van der Waals surface area contributed by atoms with Crippen LogP contribution < -0.4 is 5.73 Å². The lowest BCUT2D eigenvalue weighted by atomic mass is 9.53. The van der Waals surface area contributed by atoms with Gasteiger partial charge in [-0.3, -0.25) is 0 Å². The van der Waals surface area contributed by atoms with E-state index in [1.54, 1.807) is 0 Å². The van der Waals surface area contributed by atoms with Gasteiger partial charge in [0.05, 0.1) is 0 Å². The molecule has 0 aromatic heterocycles. The van der Waals surface area contributed by atoms with Gasteiger partial charge in [0.2, 0.25) is 11.6 Å². The van der Waals surface area contributed by atoms with E-state index in [0.717, 1.165) is 37.5 Å². The number of hydrogen-bond acceptors (Lipinski definition) is 4. The molecule has 0 amide bonds. The molecule has 0 unspecified atom stereocenters. The molecule has 2 N–H and O–H groups in total. The van der Waals surface area contributed by atoms with E-state index in [-0.39, 0.29) is 5.41 Å². The van der Waals surface area contributed by atoms with Crippen LogP contribution in [0.4, 0.5) is 0 Å². The zero-order valence-electron chi connectivity index (χ0n) is 16.1. The van der Waals surface area contributed by atoms with Crippen molar-refractivity contribution in [3.8, 4) is 0 Å². The molecule has 1 aromatic rings. The van der Waals surface area contributed by atoms with Gasteiger partial charge in [0.25, 0.3) is 0 Å². The fourth-order valence-corrected chi connectivity index (χ4v) is 7.31. The molecule has 27 heavy (non-hydrogen) atoms. The fourth-order valence-electron chi connectivity index (χ4n) is 7.31. The molecule has 0 radical (unpaired) electrons. The van der Waals surface area contributed by atoms with Crippen LogP contribution in [0.1, 0.15) is 63.4 Å². The maximum Gasteiger partial charge on any atom is 0.210 e. The first-order valence-corrected chi connectivity index (χ1v) is 11.0. The lowest BCUT2D eigenvalue weighted by Gasteiger charge is -2.57. The lowest BCUT2D eigenvalue weighted by Crippen LogP contribution is -2.59. The van der Waals surface area contributed by atoms with Crippen LogP contribution in [0.25, 0.3) is 0 Å². The molecule has 2 spiro atoms. The topological polar surface area (TPSA) is 53.7 Å². The van der Waals surface area contributed by atoms with Crippen molar-refractivity contribution in [3.05, 3.63) is 35.9 Å². The minimum atomic E-state index is -0.553. The standard InChI is InChI=1S/C23H31NO3/c24-15-21(18-4-2-1-3-5-18)6-8-22(9-7-21)25-23(27-26-22)19-11-16-10-17(13-19)14-20(23)12-16/h1-5,16-17,19-20H,6-15,24H2. The smallest absolute Gasteiger partial charge is 0.210 e. The highest BCUT2D eigenvalue weighted by molar-refractivity contribution is 5.27. The average Bonchev–Trinajstić information content (AvgIpc) is 3.08. The molecule has 1 aromatic carbocycles. The molecule has 1 saturated heterocycles. The summed E-state index contributed by atoms with van der Waals surface area (Å²) in [5.74, 6) is 1.85. The van der Waals surface area contributed by atoms with Gasteiger partial charge in [-0.2, -0.15) is 9.78 Å². The van der Waals surface area contributed by atoms with E-state index in [4.69, 9.17) is 20.2 Å². The number of rotatable bonds is 2. The summed E-state index contributed by atoms with van der Waals surface area (Å²) in [6.45, 7) is 0.674. The van der Waals surface area contributed by atoms with Gasteiger partial charge < -0.3 is 10.5 Å². The third kappa shape index (κ3) is 2.37. The molecule has 1 heterocycles. The summed E-state index contributed by atoms with van der Waals surface area (Å²) >= 11 is 0. The van der Waals surface area contributed by atoms with Gasteiger partial charge in [0.15, 0.2) is 0 Å². The van der Waals surface area contributed by atoms with E-state index in [2.05, 4.69) is 30.3 Å². The number of hydrogen-bond donors (Lipinski definition) is 1. The highest BCUT2D eigenvalue weighted by Gasteiger charge is 2.67. The lowest BCUT2D eigenvalue weighted by molar-refractivity contribution is -0.390. The van der Waals surface area contributed by atoms with Gasteiger partial charge in [-0.05, 0) is 62.3 Å². The Labute approximate surface area is 161 Å². The molecular formula is C23H31NO3. The van der Waals surface area contributed by atoms with Crippen LogP contribution in [0.3, 0.4) is 0 Å². The van der Waals surface area contributed by atoms with Crippen molar-refractivity contribution in [1.82, 2.24) is 0 Å². The second kappa shape index (κ2) is 5.79. The van der Waals surface area contributed by atoms with Gasteiger partial charge in [-0.1, -0.05) is 30.3 Å². The maximum atomic E-state index is 6.84. The van der Waals surface area contributed by atoms with E-state index in [1.165, 1.54) is 37.7 Å². The Morgan fingerprint density at radius 1 is 0.815 bits per heavy atom. The average molecular weight is 370 g/mol. The zero-order chi connectivity index (χ0) is 18.1.